The van der Waals surface area contributed by atoms with Gasteiger partial charge in [-0.1, -0.05) is 19.9 Å². The second-order valence-electron chi connectivity index (χ2n) is 6.68. The summed E-state index contributed by atoms with van der Waals surface area (Å²) in [4.78, 5) is 22.2. The molecule has 25 heavy (non-hydrogen) atoms. The van der Waals surface area contributed by atoms with E-state index in [1.165, 1.54) is 0 Å². The van der Waals surface area contributed by atoms with E-state index in [-0.39, 0.29) is 11.5 Å². The van der Waals surface area contributed by atoms with Crippen molar-refractivity contribution in [3.05, 3.63) is 51.2 Å². The lowest BCUT2D eigenvalue weighted by Gasteiger charge is -2.28. The molecule has 1 aromatic carbocycles. The van der Waals surface area contributed by atoms with Crippen LogP contribution in [0.3, 0.4) is 0 Å². The molecule has 0 amide bonds. The number of nitrogens with zero attached hydrogens (tertiary/aromatic N) is 2. The molecule has 0 saturated heterocycles. The van der Waals surface area contributed by atoms with Crippen LogP contribution in [0.15, 0.2) is 23.0 Å². The zero-order chi connectivity index (χ0) is 18.0. The minimum Gasteiger partial charge on any atom is -0.493 e. The smallest absolute Gasteiger partial charge is 0.255 e. The molecule has 1 aromatic heterocycles. The summed E-state index contributed by atoms with van der Waals surface area (Å²) < 4.78 is 10.6. The number of aromatic nitrogens is 2. The van der Waals surface area contributed by atoms with E-state index in [1.807, 2.05) is 32.0 Å². The van der Waals surface area contributed by atoms with E-state index in [1.54, 1.807) is 14.2 Å². The molecule has 1 aliphatic rings. The van der Waals surface area contributed by atoms with Crippen molar-refractivity contribution in [1.82, 2.24) is 14.9 Å². The van der Waals surface area contributed by atoms with Gasteiger partial charge in [0.05, 0.1) is 25.5 Å². The molecule has 0 radical (unpaired) electrons. The first kappa shape index (κ1) is 17.5. The zero-order valence-electron chi connectivity index (χ0n) is 15.3. The summed E-state index contributed by atoms with van der Waals surface area (Å²) in [6.45, 7) is 6.33. The topological polar surface area (TPSA) is 67.5 Å². The lowest BCUT2D eigenvalue weighted by Crippen LogP contribution is -2.35. The Hall–Kier alpha value is -2.34. The van der Waals surface area contributed by atoms with E-state index < -0.39 is 0 Å². The molecule has 0 unspecified atom stereocenters. The van der Waals surface area contributed by atoms with Crippen LogP contribution in [0.4, 0.5) is 0 Å². The SMILES string of the molecule is COc1ccc(CN2CCc3nc(C(C)C)[nH]c(=O)c3C2)cc1OC. The Labute approximate surface area is 147 Å². The van der Waals surface area contributed by atoms with Gasteiger partial charge in [-0.2, -0.15) is 0 Å². The summed E-state index contributed by atoms with van der Waals surface area (Å²) in [5.41, 5.74) is 2.85. The fourth-order valence-electron chi connectivity index (χ4n) is 3.15. The molecule has 0 atom stereocenters. The predicted octanol–water partition coefficient (Wildman–Crippen LogP) is 2.47. The Balaban J connectivity index is 1.78. The number of H-pyrrole nitrogens is 1. The molecule has 2 aromatic rings. The van der Waals surface area contributed by atoms with Crippen LogP contribution in [0, 0.1) is 0 Å². The largest absolute Gasteiger partial charge is 0.493 e. The number of aromatic amines is 1. The molecule has 1 aliphatic heterocycles. The maximum Gasteiger partial charge on any atom is 0.255 e. The average molecular weight is 343 g/mol. The van der Waals surface area contributed by atoms with Crippen LogP contribution in [0.1, 0.15) is 42.4 Å². The van der Waals surface area contributed by atoms with Crippen LogP contribution in [-0.2, 0) is 19.5 Å². The van der Waals surface area contributed by atoms with Crippen molar-refractivity contribution in [3.8, 4) is 11.5 Å². The van der Waals surface area contributed by atoms with Gasteiger partial charge in [-0.3, -0.25) is 9.69 Å². The van der Waals surface area contributed by atoms with Crippen LogP contribution in [0.5, 0.6) is 11.5 Å². The lowest BCUT2D eigenvalue weighted by molar-refractivity contribution is 0.240. The molecule has 0 fully saturated rings. The quantitative estimate of drug-likeness (QED) is 0.903. The Morgan fingerprint density at radius 3 is 2.68 bits per heavy atom. The highest BCUT2D eigenvalue weighted by Gasteiger charge is 2.22. The van der Waals surface area contributed by atoms with Crippen LogP contribution in [0.25, 0.3) is 0 Å². The van der Waals surface area contributed by atoms with Crippen molar-refractivity contribution in [2.24, 2.45) is 0 Å². The van der Waals surface area contributed by atoms with Gasteiger partial charge in [0.15, 0.2) is 11.5 Å². The van der Waals surface area contributed by atoms with Gasteiger partial charge in [-0.05, 0) is 17.7 Å². The predicted molar refractivity (Wildman–Crippen MR) is 96.3 cm³/mol. The molecule has 2 heterocycles. The van der Waals surface area contributed by atoms with E-state index in [9.17, 15) is 4.79 Å². The summed E-state index contributed by atoms with van der Waals surface area (Å²) in [5, 5.41) is 0. The first-order valence-electron chi connectivity index (χ1n) is 8.57. The third-order valence-corrected chi connectivity index (χ3v) is 4.57. The lowest BCUT2D eigenvalue weighted by atomic mass is 10.0. The maximum absolute atomic E-state index is 12.4. The number of fused-ring (bicyclic) bond motifs is 1. The van der Waals surface area contributed by atoms with Crippen LogP contribution < -0.4 is 15.0 Å². The van der Waals surface area contributed by atoms with Crippen LogP contribution >= 0.6 is 0 Å². The minimum atomic E-state index is -0.00860. The third kappa shape index (κ3) is 3.69. The number of hydrogen-bond acceptors (Lipinski definition) is 5. The summed E-state index contributed by atoms with van der Waals surface area (Å²) >= 11 is 0. The van der Waals surface area contributed by atoms with Crippen LogP contribution in [0.2, 0.25) is 0 Å². The normalized spacial score (nSPS) is 14.4. The molecule has 134 valence electrons. The summed E-state index contributed by atoms with van der Waals surface area (Å²) in [6.07, 6.45) is 0.798. The molecule has 0 aliphatic carbocycles. The first-order chi connectivity index (χ1) is 12.0. The molecular formula is C19H25N3O3. The van der Waals surface area contributed by atoms with Crippen molar-refractivity contribution in [2.75, 3.05) is 20.8 Å². The summed E-state index contributed by atoms with van der Waals surface area (Å²) in [7, 11) is 3.26. The van der Waals surface area contributed by atoms with E-state index in [0.717, 1.165) is 53.7 Å². The minimum absolute atomic E-state index is 0.00860. The Kier molecular flexibility index (Phi) is 5.08. The Morgan fingerprint density at radius 1 is 1.24 bits per heavy atom. The van der Waals surface area contributed by atoms with E-state index >= 15 is 0 Å². The number of methoxy groups -OCH3 is 2. The van der Waals surface area contributed by atoms with Crippen molar-refractivity contribution < 1.29 is 9.47 Å². The standard InChI is InChI=1S/C19H25N3O3/c1-12(2)18-20-15-7-8-22(11-14(15)19(23)21-18)10-13-5-6-16(24-3)17(9-13)25-4/h5-6,9,12H,7-8,10-11H2,1-4H3,(H,20,21,23). The van der Waals surface area contributed by atoms with Gasteiger partial charge in [-0.25, -0.2) is 4.98 Å². The molecule has 6 heteroatoms. The molecule has 0 spiro atoms. The molecule has 0 saturated carbocycles. The van der Waals surface area contributed by atoms with Gasteiger partial charge in [0.1, 0.15) is 5.82 Å². The highest BCUT2D eigenvalue weighted by Crippen LogP contribution is 2.28. The monoisotopic (exact) mass is 343 g/mol. The highest BCUT2D eigenvalue weighted by atomic mass is 16.5. The van der Waals surface area contributed by atoms with Crippen molar-refractivity contribution >= 4 is 0 Å². The zero-order valence-corrected chi connectivity index (χ0v) is 15.3. The Bertz CT molecular complexity index is 814. The van der Waals surface area contributed by atoms with E-state index in [2.05, 4.69) is 14.9 Å². The van der Waals surface area contributed by atoms with Gasteiger partial charge < -0.3 is 14.5 Å². The average Bonchev–Trinajstić information content (AvgIpc) is 2.61. The maximum atomic E-state index is 12.4. The number of rotatable bonds is 5. The van der Waals surface area contributed by atoms with Crippen molar-refractivity contribution in [2.45, 2.75) is 39.3 Å². The van der Waals surface area contributed by atoms with Gasteiger partial charge in [-0.15, -0.1) is 0 Å². The number of benzene rings is 1. The summed E-state index contributed by atoms with van der Waals surface area (Å²) in [6, 6.07) is 5.93. The number of nitrogens with one attached hydrogen (secondary N) is 1. The van der Waals surface area contributed by atoms with Crippen LogP contribution in [-0.4, -0.2) is 35.6 Å². The molecule has 3 rings (SSSR count). The summed E-state index contributed by atoms with van der Waals surface area (Å²) in [5.74, 6) is 2.44. The molecule has 0 bridgehead atoms. The van der Waals surface area contributed by atoms with Gasteiger partial charge in [0.25, 0.3) is 5.56 Å². The van der Waals surface area contributed by atoms with Crippen molar-refractivity contribution in [1.29, 1.82) is 0 Å². The number of ether oxygens (including phenoxy) is 2. The fourth-order valence-corrected chi connectivity index (χ4v) is 3.15. The molecular weight excluding hydrogens is 318 g/mol. The first-order valence-corrected chi connectivity index (χ1v) is 8.57. The van der Waals surface area contributed by atoms with E-state index in [4.69, 9.17) is 9.47 Å². The van der Waals surface area contributed by atoms with Crippen molar-refractivity contribution in [3.63, 3.8) is 0 Å². The van der Waals surface area contributed by atoms with E-state index in [0.29, 0.717) is 6.54 Å². The van der Waals surface area contributed by atoms with Gasteiger partial charge in [0.2, 0.25) is 0 Å². The second-order valence-corrected chi connectivity index (χ2v) is 6.68. The number of hydrogen-bond donors (Lipinski definition) is 1. The Morgan fingerprint density at radius 2 is 2.00 bits per heavy atom. The highest BCUT2D eigenvalue weighted by molar-refractivity contribution is 5.42. The fraction of sp³-hybridized carbons (Fsp3) is 0.474. The van der Waals surface area contributed by atoms with Gasteiger partial charge in [0, 0.05) is 32.0 Å². The second kappa shape index (κ2) is 7.27. The van der Waals surface area contributed by atoms with Gasteiger partial charge >= 0.3 is 0 Å². The molecule has 6 nitrogen and oxygen atoms in total. The molecule has 1 N–H and O–H groups in total. The third-order valence-electron chi connectivity index (χ3n) is 4.57.